The summed E-state index contributed by atoms with van der Waals surface area (Å²) in [6.07, 6.45) is 0. The van der Waals surface area contributed by atoms with E-state index in [1.807, 2.05) is 13.0 Å². The van der Waals surface area contributed by atoms with Crippen LogP contribution in [0.25, 0.3) is 0 Å². The average Bonchev–Trinajstić information content (AvgIpc) is 2.41. The molecule has 21 heavy (non-hydrogen) atoms. The molecule has 0 saturated heterocycles. The Bertz CT molecular complexity index is 705. The third-order valence-corrected chi connectivity index (χ3v) is 3.31. The van der Waals surface area contributed by atoms with E-state index in [0.29, 0.717) is 16.7 Å². The van der Waals surface area contributed by atoms with Crippen LogP contribution in [-0.4, -0.2) is 21.9 Å². The van der Waals surface area contributed by atoms with Crippen LogP contribution in [0.3, 0.4) is 0 Å². The summed E-state index contributed by atoms with van der Waals surface area (Å²) in [5, 5.41) is 17.5. The third kappa shape index (κ3) is 3.19. The third-order valence-electron chi connectivity index (χ3n) is 2.90. The molecule has 8 heteroatoms. The summed E-state index contributed by atoms with van der Waals surface area (Å²) in [4.78, 5) is 18.8. The van der Waals surface area contributed by atoms with Gasteiger partial charge in [-0.05, 0) is 31.5 Å². The first-order valence-corrected chi connectivity index (χ1v) is 6.54. The predicted octanol–water partition coefficient (Wildman–Crippen LogP) is 3.44. The van der Waals surface area contributed by atoms with E-state index in [-0.39, 0.29) is 17.2 Å². The summed E-state index contributed by atoms with van der Waals surface area (Å²) in [7, 11) is 1.65. The van der Waals surface area contributed by atoms with Crippen molar-refractivity contribution < 1.29 is 4.92 Å². The number of rotatable bonds is 4. The summed E-state index contributed by atoms with van der Waals surface area (Å²) in [5.41, 5.74) is 1.66. The van der Waals surface area contributed by atoms with Crippen molar-refractivity contribution >= 4 is 34.7 Å². The Hall–Kier alpha value is -2.41. The first-order valence-electron chi connectivity index (χ1n) is 6.16. The molecule has 110 valence electrons. The van der Waals surface area contributed by atoms with E-state index in [1.54, 1.807) is 26.1 Å². The van der Waals surface area contributed by atoms with Crippen molar-refractivity contribution in [3.05, 3.63) is 44.6 Å². The number of hydrogen-bond donors (Lipinski definition) is 2. The number of aromatic nitrogens is 2. The molecule has 1 aromatic heterocycles. The summed E-state index contributed by atoms with van der Waals surface area (Å²) in [5.74, 6) is 0.426. The lowest BCUT2D eigenvalue weighted by molar-refractivity contribution is -0.385. The van der Waals surface area contributed by atoms with Crippen LogP contribution in [0.15, 0.2) is 18.2 Å². The molecule has 0 saturated carbocycles. The van der Waals surface area contributed by atoms with Gasteiger partial charge in [0, 0.05) is 17.8 Å². The van der Waals surface area contributed by atoms with Gasteiger partial charge in [-0.25, -0.2) is 4.98 Å². The van der Waals surface area contributed by atoms with Crippen molar-refractivity contribution in [2.75, 3.05) is 17.7 Å². The molecule has 1 heterocycles. The molecule has 2 aromatic rings. The Morgan fingerprint density at radius 1 is 1.29 bits per heavy atom. The lowest BCUT2D eigenvalue weighted by Crippen LogP contribution is -2.07. The number of nitrogens with zero attached hydrogens (tertiary/aromatic N) is 3. The smallest absolute Gasteiger partial charge is 0.332 e. The lowest BCUT2D eigenvalue weighted by atomic mass is 10.2. The standard InChI is InChI=1S/C13H14ClN5O2/c1-7-4-5-9(6-10(7)14)17-12-11(19(20)21)8(2)16-13(15-3)18-12/h4-6H,1-3H3,(H2,15,16,17,18). The molecule has 0 aliphatic carbocycles. The molecule has 0 atom stereocenters. The molecule has 0 spiro atoms. The Morgan fingerprint density at radius 2 is 2.00 bits per heavy atom. The van der Waals surface area contributed by atoms with Gasteiger partial charge in [0.2, 0.25) is 11.8 Å². The molecule has 0 fully saturated rings. The molecular weight excluding hydrogens is 294 g/mol. The van der Waals surface area contributed by atoms with Crippen molar-refractivity contribution in [1.29, 1.82) is 0 Å². The van der Waals surface area contributed by atoms with E-state index >= 15 is 0 Å². The highest BCUT2D eigenvalue weighted by Crippen LogP contribution is 2.30. The van der Waals surface area contributed by atoms with Crippen molar-refractivity contribution in [1.82, 2.24) is 9.97 Å². The van der Waals surface area contributed by atoms with Gasteiger partial charge in [0.05, 0.1) is 4.92 Å². The first kappa shape index (κ1) is 15.0. The van der Waals surface area contributed by atoms with Gasteiger partial charge in [0.25, 0.3) is 0 Å². The molecule has 0 bridgehead atoms. The summed E-state index contributed by atoms with van der Waals surface area (Å²) >= 11 is 6.05. The molecule has 0 unspecified atom stereocenters. The second-order valence-electron chi connectivity index (χ2n) is 4.43. The van der Waals surface area contributed by atoms with Crippen LogP contribution in [0.4, 0.5) is 23.1 Å². The number of hydrogen-bond acceptors (Lipinski definition) is 6. The van der Waals surface area contributed by atoms with Gasteiger partial charge in [-0.15, -0.1) is 0 Å². The second kappa shape index (κ2) is 5.92. The normalized spacial score (nSPS) is 10.3. The van der Waals surface area contributed by atoms with Crippen molar-refractivity contribution in [3.63, 3.8) is 0 Å². The van der Waals surface area contributed by atoms with Gasteiger partial charge in [0.15, 0.2) is 0 Å². The van der Waals surface area contributed by atoms with Gasteiger partial charge in [-0.1, -0.05) is 17.7 Å². The zero-order chi connectivity index (χ0) is 15.6. The Labute approximate surface area is 126 Å². The van der Waals surface area contributed by atoms with Crippen LogP contribution in [0.5, 0.6) is 0 Å². The van der Waals surface area contributed by atoms with Crippen molar-refractivity contribution in [2.24, 2.45) is 0 Å². The average molecular weight is 308 g/mol. The first-order chi connectivity index (χ1) is 9.92. The minimum Gasteiger partial charge on any atom is -0.357 e. The van der Waals surface area contributed by atoms with E-state index in [0.717, 1.165) is 5.56 Å². The maximum atomic E-state index is 11.2. The Morgan fingerprint density at radius 3 is 2.57 bits per heavy atom. The predicted molar refractivity (Wildman–Crippen MR) is 82.4 cm³/mol. The Kier molecular flexibility index (Phi) is 4.23. The van der Waals surface area contributed by atoms with Gasteiger partial charge in [-0.2, -0.15) is 4.98 Å². The quantitative estimate of drug-likeness (QED) is 0.664. The Balaban J connectivity index is 2.48. The van der Waals surface area contributed by atoms with E-state index in [4.69, 9.17) is 11.6 Å². The van der Waals surface area contributed by atoms with Crippen LogP contribution >= 0.6 is 11.6 Å². The topological polar surface area (TPSA) is 93.0 Å². The zero-order valence-corrected chi connectivity index (χ0v) is 12.5. The van der Waals surface area contributed by atoms with Crippen molar-refractivity contribution in [3.8, 4) is 0 Å². The lowest BCUT2D eigenvalue weighted by Gasteiger charge is -2.10. The largest absolute Gasteiger partial charge is 0.357 e. The molecule has 0 aliphatic heterocycles. The van der Waals surface area contributed by atoms with E-state index in [1.165, 1.54) is 0 Å². The fourth-order valence-corrected chi connectivity index (χ4v) is 1.97. The molecule has 2 rings (SSSR count). The maximum Gasteiger partial charge on any atom is 0.332 e. The van der Waals surface area contributed by atoms with E-state index < -0.39 is 4.92 Å². The van der Waals surface area contributed by atoms with Gasteiger partial charge < -0.3 is 10.6 Å². The fraction of sp³-hybridized carbons (Fsp3) is 0.231. The number of aryl methyl sites for hydroxylation is 2. The molecule has 0 aliphatic rings. The number of benzene rings is 1. The summed E-state index contributed by atoms with van der Waals surface area (Å²) in [6.45, 7) is 3.44. The van der Waals surface area contributed by atoms with Crippen LogP contribution in [-0.2, 0) is 0 Å². The van der Waals surface area contributed by atoms with Crippen LogP contribution < -0.4 is 10.6 Å². The van der Waals surface area contributed by atoms with Gasteiger partial charge in [-0.3, -0.25) is 10.1 Å². The molecule has 2 N–H and O–H groups in total. The van der Waals surface area contributed by atoms with Gasteiger partial charge >= 0.3 is 5.69 Å². The van der Waals surface area contributed by atoms with E-state index in [2.05, 4.69) is 20.6 Å². The molecule has 0 amide bonds. The van der Waals surface area contributed by atoms with Crippen LogP contribution in [0.1, 0.15) is 11.3 Å². The maximum absolute atomic E-state index is 11.2. The highest BCUT2D eigenvalue weighted by atomic mass is 35.5. The zero-order valence-electron chi connectivity index (χ0n) is 11.8. The molecular formula is C13H14ClN5O2. The SMILES string of the molecule is CNc1nc(C)c([N+](=O)[O-])c(Nc2ccc(C)c(Cl)c2)n1. The highest BCUT2D eigenvalue weighted by Gasteiger charge is 2.22. The second-order valence-corrected chi connectivity index (χ2v) is 4.83. The highest BCUT2D eigenvalue weighted by molar-refractivity contribution is 6.31. The summed E-state index contributed by atoms with van der Waals surface area (Å²) in [6, 6.07) is 5.29. The van der Waals surface area contributed by atoms with Gasteiger partial charge in [0.1, 0.15) is 5.69 Å². The van der Waals surface area contributed by atoms with Crippen molar-refractivity contribution in [2.45, 2.75) is 13.8 Å². The number of halogens is 1. The monoisotopic (exact) mass is 307 g/mol. The summed E-state index contributed by atoms with van der Waals surface area (Å²) < 4.78 is 0. The van der Waals surface area contributed by atoms with E-state index in [9.17, 15) is 10.1 Å². The fourth-order valence-electron chi connectivity index (χ4n) is 1.79. The number of nitro groups is 1. The van der Waals surface area contributed by atoms with Crippen LogP contribution in [0, 0.1) is 24.0 Å². The molecule has 1 aromatic carbocycles. The number of anilines is 3. The van der Waals surface area contributed by atoms with Crippen LogP contribution in [0.2, 0.25) is 5.02 Å². The molecule has 7 nitrogen and oxygen atoms in total. The number of nitrogens with one attached hydrogen (secondary N) is 2. The minimum atomic E-state index is -0.507. The molecule has 0 radical (unpaired) electrons. The minimum absolute atomic E-state index is 0.122.